The minimum Gasteiger partial charge on any atom is -0.397 e. The summed E-state index contributed by atoms with van der Waals surface area (Å²) in [6, 6.07) is 10.0. The number of hydrogen-bond donors (Lipinski definition) is 1. The highest BCUT2D eigenvalue weighted by Gasteiger charge is 1.75. The Hall–Kier alpha value is -1.08. The van der Waals surface area contributed by atoms with Crippen LogP contribution in [0.5, 0.6) is 0 Å². The topological polar surface area (TPSA) is 20.2 Å². The molecule has 0 bridgehead atoms. The molecule has 0 saturated carbocycles. The molecule has 0 aliphatic heterocycles. The van der Waals surface area contributed by atoms with E-state index < -0.39 is 0 Å². The van der Waals surface area contributed by atoms with E-state index in [0.717, 1.165) is 0 Å². The van der Waals surface area contributed by atoms with Crippen molar-refractivity contribution in [3.8, 4) is 0 Å². The van der Waals surface area contributed by atoms with E-state index in [2.05, 4.69) is 6.58 Å². The average Bonchev–Trinajstić information content (AvgIpc) is 2.08. The maximum Gasteiger partial charge on any atom is 0.0402 e. The Balaban J connectivity index is 0.000000292. The van der Waals surface area contributed by atoms with Gasteiger partial charge in [-0.3, -0.25) is 0 Å². The molecule has 1 N–H and O–H groups in total. The summed E-state index contributed by atoms with van der Waals surface area (Å²) in [5, 5.41) is 7.57. The zero-order chi connectivity index (χ0) is 8.53. The van der Waals surface area contributed by atoms with E-state index in [-0.39, 0.29) is 6.61 Å². The predicted molar refractivity (Wildman–Crippen MR) is 49.3 cm³/mol. The molecule has 11 heavy (non-hydrogen) atoms. The van der Waals surface area contributed by atoms with Crippen molar-refractivity contribution in [2.24, 2.45) is 0 Å². The molecule has 0 fully saturated rings. The molecular formula is C10H14O. The van der Waals surface area contributed by atoms with E-state index in [1.54, 1.807) is 6.92 Å². The quantitative estimate of drug-likeness (QED) is 0.651. The third-order valence-electron chi connectivity index (χ3n) is 1.04. The van der Waals surface area contributed by atoms with Gasteiger partial charge in [0.25, 0.3) is 0 Å². The van der Waals surface area contributed by atoms with Crippen LogP contribution >= 0.6 is 0 Å². The molecule has 1 aromatic carbocycles. The van der Waals surface area contributed by atoms with Crippen molar-refractivity contribution < 1.29 is 5.11 Å². The SMILES string of the molecule is C=Cc1ccccc1.CCO. The van der Waals surface area contributed by atoms with Gasteiger partial charge in [0, 0.05) is 6.61 Å². The molecule has 0 aliphatic rings. The van der Waals surface area contributed by atoms with Crippen LogP contribution in [0.4, 0.5) is 0 Å². The van der Waals surface area contributed by atoms with Crippen molar-refractivity contribution >= 4 is 6.08 Å². The first-order valence-electron chi connectivity index (χ1n) is 3.63. The van der Waals surface area contributed by atoms with E-state index in [1.165, 1.54) is 5.56 Å². The van der Waals surface area contributed by atoms with Gasteiger partial charge < -0.3 is 5.11 Å². The second-order valence-electron chi connectivity index (χ2n) is 1.93. The maximum atomic E-state index is 7.57. The molecule has 0 amide bonds. The van der Waals surface area contributed by atoms with Crippen LogP contribution < -0.4 is 0 Å². The lowest BCUT2D eigenvalue weighted by atomic mass is 10.2. The predicted octanol–water partition coefficient (Wildman–Crippen LogP) is 2.33. The van der Waals surface area contributed by atoms with Crippen LogP contribution in [0.2, 0.25) is 0 Å². The lowest BCUT2D eigenvalue weighted by Gasteiger charge is -1.85. The molecule has 1 heteroatoms. The molecule has 1 rings (SSSR count). The van der Waals surface area contributed by atoms with Crippen LogP contribution in [0.1, 0.15) is 12.5 Å². The number of rotatable bonds is 1. The van der Waals surface area contributed by atoms with Crippen molar-refractivity contribution in [1.29, 1.82) is 0 Å². The van der Waals surface area contributed by atoms with E-state index in [4.69, 9.17) is 5.11 Å². The molecule has 60 valence electrons. The van der Waals surface area contributed by atoms with Gasteiger partial charge in [0.1, 0.15) is 0 Å². The third kappa shape index (κ3) is 5.37. The van der Waals surface area contributed by atoms with E-state index >= 15 is 0 Å². The summed E-state index contributed by atoms with van der Waals surface area (Å²) in [7, 11) is 0. The average molecular weight is 150 g/mol. The first-order chi connectivity index (χ1) is 5.35. The Morgan fingerprint density at radius 3 is 2.09 bits per heavy atom. The van der Waals surface area contributed by atoms with Crippen LogP contribution in [0.25, 0.3) is 6.08 Å². The fraction of sp³-hybridized carbons (Fsp3) is 0.200. The first kappa shape index (κ1) is 9.92. The van der Waals surface area contributed by atoms with Gasteiger partial charge in [-0.25, -0.2) is 0 Å². The van der Waals surface area contributed by atoms with Crippen LogP contribution in [0.15, 0.2) is 36.9 Å². The molecular weight excluding hydrogens is 136 g/mol. The standard InChI is InChI=1S/C8H8.C2H6O/c1-2-8-6-4-3-5-7-8;1-2-3/h2-7H,1H2;3H,2H2,1H3. The van der Waals surface area contributed by atoms with Gasteiger partial charge in [-0.1, -0.05) is 43.0 Å². The lowest BCUT2D eigenvalue weighted by molar-refractivity contribution is 0.318. The van der Waals surface area contributed by atoms with E-state index in [1.807, 2.05) is 36.4 Å². The normalized spacial score (nSPS) is 7.82. The van der Waals surface area contributed by atoms with Gasteiger partial charge in [0.05, 0.1) is 0 Å². The van der Waals surface area contributed by atoms with Crippen LogP contribution in [0.3, 0.4) is 0 Å². The van der Waals surface area contributed by atoms with Crippen molar-refractivity contribution in [3.05, 3.63) is 42.5 Å². The molecule has 0 atom stereocenters. The van der Waals surface area contributed by atoms with Gasteiger partial charge in [-0.15, -0.1) is 0 Å². The Bertz CT molecular complexity index is 179. The molecule has 0 spiro atoms. The molecule has 0 aliphatic carbocycles. The van der Waals surface area contributed by atoms with E-state index in [9.17, 15) is 0 Å². The van der Waals surface area contributed by atoms with Crippen LogP contribution in [0, 0.1) is 0 Å². The molecule has 1 nitrogen and oxygen atoms in total. The molecule has 0 heterocycles. The monoisotopic (exact) mass is 150 g/mol. The Kier molecular flexibility index (Phi) is 6.34. The Labute approximate surface area is 68.0 Å². The maximum absolute atomic E-state index is 7.57. The van der Waals surface area contributed by atoms with Crippen molar-refractivity contribution in [2.75, 3.05) is 6.61 Å². The van der Waals surface area contributed by atoms with Gasteiger partial charge >= 0.3 is 0 Å². The zero-order valence-electron chi connectivity index (χ0n) is 6.83. The fourth-order valence-electron chi connectivity index (χ4n) is 0.589. The van der Waals surface area contributed by atoms with Gasteiger partial charge in [-0.05, 0) is 12.5 Å². The largest absolute Gasteiger partial charge is 0.397 e. The van der Waals surface area contributed by atoms with Crippen molar-refractivity contribution in [3.63, 3.8) is 0 Å². The lowest BCUT2D eigenvalue weighted by Crippen LogP contribution is -1.63. The molecule has 1 aromatic rings. The van der Waals surface area contributed by atoms with Crippen molar-refractivity contribution in [2.45, 2.75) is 6.92 Å². The summed E-state index contributed by atoms with van der Waals surface area (Å²) in [6.07, 6.45) is 1.83. The summed E-state index contributed by atoms with van der Waals surface area (Å²) in [6.45, 7) is 5.56. The summed E-state index contributed by atoms with van der Waals surface area (Å²) in [5.74, 6) is 0. The third-order valence-corrected chi connectivity index (χ3v) is 1.04. The van der Waals surface area contributed by atoms with Gasteiger partial charge in [0.15, 0.2) is 0 Å². The van der Waals surface area contributed by atoms with Crippen molar-refractivity contribution in [1.82, 2.24) is 0 Å². The molecule has 0 radical (unpaired) electrons. The summed E-state index contributed by atoms with van der Waals surface area (Å²) in [5.41, 5.74) is 1.17. The summed E-state index contributed by atoms with van der Waals surface area (Å²) < 4.78 is 0. The second kappa shape index (κ2) is 7.03. The number of aliphatic hydroxyl groups excluding tert-OH is 1. The van der Waals surface area contributed by atoms with Crippen LogP contribution in [-0.4, -0.2) is 11.7 Å². The molecule has 0 saturated heterocycles. The Morgan fingerprint density at radius 2 is 1.82 bits per heavy atom. The zero-order valence-corrected chi connectivity index (χ0v) is 6.83. The summed E-state index contributed by atoms with van der Waals surface area (Å²) >= 11 is 0. The highest BCUT2D eigenvalue weighted by molar-refractivity contribution is 5.45. The van der Waals surface area contributed by atoms with Gasteiger partial charge in [-0.2, -0.15) is 0 Å². The number of benzene rings is 1. The number of aliphatic hydroxyl groups is 1. The van der Waals surface area contributed by atoms with Crippen LogP contribution in [-0.2, 0) is 0 Å². The fourth-order valence-corrected chi connectivity index (χ4v) is 0.589. The summed E-state index contributed by atoms with van der Waals surface area (Å²) in [4.78, 5) is 0. The highest BCUT2D eigenvalue weighted by Crippen LogP contribution is 1.97. The number of hydrogen-bond acceptors (Lipinski definition) is 1. The molecule has 0 unspecified atom stereocenters. The minimum atomic E-state index is 0.250. The highest BCUT2D eigenvalue weighted by atomic mass is 16.2. The minimum absolute atomic E-state index is 0.250. The van der Waals surface area contributed by atoms with E-state index in [0.29, 0.717) is 0 Å². The smallest absolute Gasteiger partial charge is 0.0402 e. The van der Waals surface area contributed by atoms with Gasteiger partial charge in [0.2, 0.25) is 0 Å². The first-order valence-corrected chi connectivity index (χ1v) is 3.63. The Morgan fingerprint density at radius 1 is 1.36 bits per heavy atom. The molecule has 0 aromatic heterocycles. The second-order valence-corrected chi connectivity index (χ2v) is 1.93.